The van der Waals surface area contributed by atoms with E-state index < -0.39 is 11.6 Å². The maximum atomic E-state index is 12.7. The van der Waals surface area contributed by atoms with Crippen LogP contribution in [0.25, 0.3) is 11.5 Å². The third kappa shape index (κ3) is 4.58. The molecular formula is C21H21N3O6S. The van der Waals surface area contributed by atoms with Crippen molar-refractivity contribution in [1.82, 2.24) is 15.0 Å². The van der Waals surface area contributed by atoms with Gasteiger partial charge in [-0.05, 0) is 38.3 Å². The first-order chi connectivity index (χ1) is 14.9. The molecule has 1 amide bonds. The van der Waals surface area contributed by atoms with Gasteiger partial charge in [-0.1, -0.05) is 5.16 Å². The Bertz CT molecular complexity index is 1160. The van der Waals surface area contributed by atoms with Crippen LogP contribution in [0.5, 0.6) is 0 Å². The molecule has 3 aromatic rings. The summed E-state index contributed by atoms with van der Waals surface area (Å²) in [4.78, 5) is 42.3. The molecule has 4 heterocycles. The van der Waals surface area contributed by atoms with Gasteiger partial charge in [-0.15, -0.1) is 11.3 Å². The van der Waals surface area contributed by atoms with Crippen molar-refractivity contribution < 1.29 is 23.3 Å². The molecule has 0 atom stereocenters. The molecule has 0 spiro atoms. The van der Waals surface area contributed by atoms with E-state index in [1.54, 1.807) is 24.8 Å². The number of esters is 1. The monoisotopic (exact) mass is 443 g/mol. The van der Waals surface area contributed by atoms with E-state index in [0.717, 1.165) is 17.8 Å². The number of hydrogen-bond donors (Lipinski definition) is 0. The number of piperidine rings is 1. The molecule has 162 valence electrons. The topological polar surface area (TPSA) is 116 Å². The highest BCUT2D eigenvalue weighted by Crippen LogP contribution is 2.33. The lowest BCUT2D eigenvalue weighted by Gasteiger charge is -2.30. The van der Waals surface area contributed by atoms with Gasteiger partial charge in [-0.3, -0.25) is 4.79 Å². The van der Waals surface area contributed by atoms with Gasteiger partial charge in [0.2, 0.25) is 0 Å². The van der Waals surface area contributed by atoms with E-state index in [9.17, 15) is 14.4 Å². The number of thiazole rings is 1. The fourth-order valence-corrected chi connectivity index (χ4v) is 4.46. The maximum absolute atomic E-state index is 12.7. The van der Waals surface area contributed by atoms with E-state index in [4.69, 9.17) is 13.7 Å². The Morgan fingerprint density at radius 3 is 2.74 bits per heavy atom. The normalized spacial score (nSPS) is 14.6. The van der Waals surface area contributed by atoms with Gasteiger partial charge in [0, 0.05) is 36.5 Å². The van der Waals surface area contributed by atoms with Crippen molar-refractivity contribution in [3.63, 3.8) is 0 Å². The Morgan fingerprint density at radius 2 is 2.03 bits per heavy atom. The van der Waals surface area contributed by atoms with Crippen LogP contribution in [0.3, 0.4) is 0 Å². The summed E-state index contributed by atoms with van der Waals surface area (Å²) < 4.78 is 15.2. The number of aryl methyl sites for hydroxylation is 1. The van der Waals surface area contributed by atoms with Crippen LogP contribution < -0.4 is 5.63 Å². The first-order valence-corrected chi connectivity index (χ1v) is 10.8. The standard InChI is InChI=1S/C21H21N3O6S/c1-3-28-21(27)14-10-16(30-23-14)15-11-31-19(22-15)13-4-6-24(7-5-13)20(26)17-8-12(2)9-18(25)29-17/h8-11,13H,3-7H2,1-2H3. The molecule has 0 bridgehead atoms. The molecule has 1 fully saturated rings. The molecule has 1 aliphatic heterocycles. The molecule has 10 heteroatoms. The highest BCUT2D eigenvalue weighted by Gasteiger charge is 2.28. The van der Waals surface area contributed by atoms with Crippen LogP contribution in [0.4, 0.5) is 0 Å². The van der Waals surface area contributed by atoms with Crippen molar-refractivity contribution >= 4 is 23.2 Å². The van der Waals surface area contributed by atoms with Crippen LogP contribution in [0.15, 0.2) is 37.3 Å². The average molecular weight is 443 g/mol. The molecule has 0 aliphatic carbocycles. The van der Waals surface area contributed by atoms with Crippen LogP contribution in [-0.2, 0) is 4.74 Å². The van der Waals surface area contributed by atoms with Gasteiger partial charge in [0.05, 0.1) is 11.6 Å². The van der Waals surface area contributed by atoms with Crippen LogP contribution in [0, 0.1) is 6.92 Å². The predicted molar refractivity (Wildman–Crippen MR) is 111 cm³/mol. The van der Waals surface area contributed by atoms with Crippen molar-refractivity contribution in [3.05, 3.63) is 56.0 Å². The summed E-state index contributed by atoms with van der Waals surface area (Å²) in [7, 11) is 0. The van der Waals surface area contributed by atoms with Crippen molar-refractivity contribution in [2.75, 3.05) is 19.7 Å². The summed E-state index contributed by atoms with van der Waals surface area (Å²) in [5.74, 6) is -0.114. The highest BCUT2D eigenvalue weighted by molar-refractivity contribution is 7.10. The Labute approximate surface area is 181 Å². The summed E-state index contributed by atoms with van der Waals surface area (Å²) in [5.41, 5.74) is 0.902. The zero-order chi connectivity index (χ0) is 22.0. The lowest BCUT2D eigenvalue weighted by Crippen LogP contribution is -2.38. The van der Waals surface area contributed by atoms with Crippen molar-refractivity contribution in [2.45, 2.75) is 32.6 Å². The van der Waals surface area contributed by atoms with Crippen molar-refractivity contribution in [3.8, 4) is 11.5 Å². The predicted octanol–water partition coefficient (Wildman–Crippen LogP) is 3.26. The molecular weight excluding hydrogens is 422 g/mol. The Kier molecular flexibility index (Phi) is 5.99. The van der Waals surface area contributed by atoms with Crippen LogP contribution in [0.2, 0.25) is 0 Å². The Morgan fingerprint density at radius 1 is 1.26 bits per heavy atom. The van der Waals surface area contributed by atoms with E-state index in [-0.39, 0.29) is 29.9 Å². The lowest BCUT2D eigenvalue weighted by atomic mass is 9.97. The average Bonchev–Trinajstić information content (AvgIpc) is 3.43. The van der Waals surface area contributed by atoms with Gasteiger partial charge < -0.3 is 18.6 Å². The number of aromatic nitrogens is 2. The molecule has 1 aliphatic rings. The number of nitrogens with zero attached hydrogens (tertiary/aromatic N) is 3. The van der Waals surface area contributed by atoms with Gasteiger partial charge in [0.25, 0.3) is 5.91 Å². The zero-order valence-corrected chi connectivity index (χ0v) is 17.9. The third-order valence-electron chi connectivity index (χ3n) is 5.03. The first-order valence-electron chi connectivity index (χ1n) is 9.95. The summed E-state index contributed by atoms with van der Waals surface area (Å²) in [6.07, 6.45) is 1.50. The summed E-state index contributed by atoms with van der Waals surface area (Å²) >= 11 is 1.51. The van der Waals surface area contributed by atoms with Crippen molar-refractivity contribution in [1.29, 1.82) is 0 Å². The summed E-state index contributed by atoms with van der Waals surface area (Å²) in [5, 5.41) is 6.55. The number of likely N-dealkylation sites (tertiary alicyclic amines) is 1. The smallest absolute Gasteiger partial charge is 0.360 e. The highest BCUT2D eigenvalue weighted by atomic mass is 32.1. The fourth-order valence-electron chi connectivity index (χ4n) is 3.48. The van der Waals surface area contributed by atoms with Gasteiger partial charge in [0.15, 0.2) is 17.2 Å². The molecule has 0 saturated carbocycles. The van der Waals surface area contributed by atoms with E-state index in [2.05, 4.69) is 10.1 Å². The second-order valence-electron chi connectivity index (χ2n) is 7.25. The number of carbonyl (C=O) groups excluding carboxylic acids is 2. The van der Waals surface area contributed by atoms with Crippen LogP contribution >= 0.6 is 11.3 Å². The maximum Gasteiger partial charge on any atom is 0.360 e. The second kappa shape index (κ2) is 8.84. The minimum absolute atomic E-state index is 0.0720. The Balaban J connectivity index is 1.40. The molecule has 31 heavy (non-hydrogen) atoms. The second-order valence-corrected chi connectivity index (χ2v) is 8.14. The van der Waals surface area contributed by atoms with E-state index >= 15 is 0 Å². The third-order valence-corrected chi connectivity index (χ3v) is 6.03. The fraction of sp³-hybridized carbons (Fsp3) is 0.381. The number of rotatable bonds is 5. The van der Waals surface area contributed by atoms with Gasteiger partial charge in [0.1, 0.15) is 5.69 Å². The molecule has 3 aromatic heterocycles. The largest absolute Gasteiger partial charge is 0.461 e. The zero-order valence-electron chi connectivity index (χ0n) is 17.1. The number of hydrogen-bond acceptors (Lipinski definition) is 9. The molecule has 0 N–H and O–H groups in total. The lowest BCUT2D eigenvalue weighted by molar-refractivity contribution is 0.0514. The van der Waals surface area contributed by atoms with Gasteiger partial charge >= 0.3 is 11.6 Å². The summed E-state index contributed by atoms with van der Waals surface area (Å²) in [6.45, 7) is 4.83. The van der Waals surface area contributed by atoms with Crippen molar-refractivity contribution in [2.24, 2.45) is 0 Å². The number of ether oxygens (including phenoxy) is 1. The quantitative estimate of drug-likeness (QED) is 0.552. The minimum Gasteiger partial charge on any atom is -0.461 e. The van der Waals surface area contributed by atoms with Crippen LogP contribution in [0.1, 0.15) is 57.3 Å². The molecule has 0 unspecified atom stereocenters. The van der Waals surface area contributed by atoms with Crippen LogP contribution in [-0.4, -0.2) is 46.6 Å². The molecule has 9 nitrogen and oxygen atoms in total. The molecule has 0 radical (unpaired) electrons. The molecule has 0 aromatic carbocycles. The van der Waals surface area contributed by atoms with E-state index in [1.165, 1.54) is 23.5 Å². The first kappa shape index (κ1) is 21.0. The molecule has 1 saturated heterocycles. The number of carbonyl (C=O) groups is 2. The minimum atomic E-state index is -0.533. The molecule has 4 rings (SSSR count). The van der Waals surface area contributed by atoms with Gasteiger partial charge in [-0.2, -0.15) is 0 Å². The summed E-state index contributed by atoms with van der Waals surface area (Å²) in [6, 6.07) is 4.46. The van der Waals surface area contributed by atoms with E-state index in [0.29, 0.717) is 30.1 Å². The SMILES string of the molecule is CCOC(=O)c1cc(-c2csc(C3CCN(C(=O)c4cc(C)cc(=O)o4)CC3)n2)on1. The number of amides is 1. The Hall–Kier alpha value is -3.27. The van der Waals surface area contributed by atoms with Gasteiger partial charge in [-0.25, -0.2) is 14.6 Å². The van der Waals surface area contributed by atoms with E-state index in [1.807, 2.05) is 5.38 Å².